The Hall–Kier alpha value is -2.49. The molecule has 0 aromatic heterocycles. The number of nitrogens with one attached hydrogen (secondary N) is 2. The molecule has 0 radical (unpaired) electrons. The van der Waals surface area contributed by atoms with Crippen LogP contribution in [0, 0.1) is 0 Å². The highest BCUT2D eigenvalue weighted by Gasteiger charge is 2.31. The molecule has 1 heterocycles. The minimum Gasteiger partial charge on any atom is -0.406 e. The van der Waals surface area contributed by atoms with Gasteiger partial charge in [0, 0.05) is 38.4 Å². The van der Waals surface area contributed by atoms with E-state index in [1.54, 1.807) is 4.90 Å². The Labute approximate surface area is 142 Å². The van der Waals surface area contributed by atoms with Gasteiger partial charge in [-0.1, -0.05) is 6.07 Å². The molecular formula is C15H18F3N3O4. The maximum atomic E-state index is 12.2. The zero-order valence-corrected chi connectivity index (χ0v) is 13.4. The lowest BCUT2D eigenvalue weighted by molar-refractivity contribution is -0.274. The average molecular weight is 361 g/mol. The maximum Gasteiger partial charge on any atom is 0.573 e. The van der Waals surface area contributed by atoms with Gasteiger partial charge in [-0.15, -0.1) is 13.2 Å². The van der Waals surface area contributed by atoms with Crippen molar-refractivity contribution < 1.29 is 32.2 Å². The van der Waals surface area contributed by atoms with Crippen LogP contribution in [0.2, 0.25) is 0 Å². The van der Waals surface area contributed by atoms with E-state index in [9.17, 15) is 22.8 Å². The molecule has 3 amide bonds. The first-order valence-corrected chi connectivity index (χ1v) is 7.47. The molecule has 0 spiro atoms. The Bertz CT molecular complexity index is 624. The van der Waals surface area contributed by atoms with Crippen molar-refractivity contribution in [3.8, 4) is 5.75 Å². The molecule has 0 bridgehead atoms. The van der Waals surface area contributed by atoms with E-state index in [2.05, 4.69) is 15.4 Å². The number of benzene rings is 1. The van der Waals surface area contributed by atoms with Crippen LogP contribution in [0.3, 0.4) is 0 Å². The third-order valence-corrected chi connectivity index (χ3v) is 3.44. The number of halogens is 3. The minimum absolute atomic E-state index is 0.0945. The second kappa shape index (κ2) is 8.06. The van der Waals surface area contributed by atoms with Crippen molar-refractivity contribution in [2.45, 2.75) is 18.8 Å². The monoisotopic (exact) mass is 361 g/mol. The molecule has 1 aromatic rings. The van der Waals surface area contributed by atoms with E-state index in [4.69, 9.17) is 4.74 Å². The van der Waals surface area contributed by atoms with Gasteiger partial charge in [0.2, 0.25) is 5.91 Å². The number of methoxy groups -OCH3 is 1. The zero-order chi connectivity index (χ0) is 18.4. The third-order valence-electron chi connectivity index (χ3n) is 3.44. The molecule has 1 aliphatic rings. The van der Waals surface area contributed by atoms with Crippen molar-refractivity contribution >= 4 is 17.6 Å². The highest BCUT2D eigenvalue weighted by Crippen LogP contribution is 2.25. The van der Waals surface area contributed by atoms with Crippen LogP contribution >= 0.6 is 0 Å². The largest absolute Gasteiger partial charge is 0.573 e. The van der Waals surface area contributed by atoms with Crippen LogP contribution in [0.1, 0.15) is 6.42 Å². The lowest BCUT2D eigenvalue weighted by Crippen LogP contribution is -2.40. The highest BCUT2D eigenvalue weighted by atomic mass is 19.4. The van der Waals surface area contributed by atoms with Gasteiger partial charge >= 0.3 is 12.4 Å². The summed E-state index contributed by atoms with van der Waals surface area (Å²) < 4.78 is 45.3. The van der Waals surface area contributed by atoms with Crippen LogP contribution < -0.4 is 15.4 Å². The standard InChI is InChI=1S/C15H18F3N3O4/c1-24-6-5-21-9-11(8-13(21)22)20-14(23)19-10-3-2-4-12(7-10)25-15(16,17)18/h2-4,7,11H,5-6,8-9H2,1H3,(H2,19,20,23). The number of nitrogens with zero attached hydrogens (tertiary/aromatic N) is 1. The Kier molecular flexibility index (Phi) is 6.07. The number of carbonyl (C=O) groups is 2. The number of hydrogen-bond acceptors (Lipinski definition) is 4. The summed E-state index contributed by atoms with van der Waals surface area (Å²) in [5.41, 5.74) is 0.139. The van der Waals surface area contributed by atoms with E-state index >= 15 is 0 Å². The number of likely N-dealkylation sites (tertiary alicyclic amines) is 1. The van der Waals surface area contributed by atoms with Crippen LogP contribution in [-0.4, -0.2) is 56.0 Å². The molecule has 1 atom stereocenters. The topological polar surface area (TPSA) is 79.9 Å². The summed E-state index contributed by atoms with van der Waals surface area (Å²) in [7, 11) is 1.53. The van der Waals surface area contributed by atoms with Crippen molar-refractivity contribution in [3.05, 3.63) is 24.3 Å². The fourth-order valence-electron chi connectivity index (χ4n) is 2.41. The predicted octanol–water partition coefficient (Wildman–Crippen LogP) is 1.95. The predicted molar refractivity (Wildman–Crippen MR) is 82.1 cm³/mol. The Morgan fingerprint density at radius 2 is 2.16 bits per heavy atom. The van der Waals surface area contributed by atoms with Gasteiger partial charge in [0.05, 0.1) is 12.6 Å². The zero-order valence-electron chi connectivity index (χ0n) is 13.4. The fraction of sp³-hybridized carbons (Fsp3) is 0.467. The summed E-state index contributed by atoms with van der Waals surface area (Å²) in [5.74, 6) is -0.532. The normalized spacial score (nSPS) is 17.5. The van der Waals surface area contributed by atoms with Crippen molar-refractivity contribution in [1.29, 1.82) is 0 Å². The Balaban J connectivity index is 1.86. The number of carbonyl (C=O) groups excluding carboxylic acids is 2. The molecule has 2 N–H and O–H groups in total. The van der Waals surface area contributed by atoms with Crippen LogP contribution in [0.15, 0.2) is 24.3 Å². The molecular weight excluding hydrogens is 343 g/mol. The number of ether oxygens (including phenoxy) is 2. The SMILES string of the molecule is COCCN1CC(NC(=O)Nc2cccc(OC(F)(F)F)c2)CC1=O. The first kappa shape index (κ1) is 18.8. The summed E-state index contributed by atoms with van der Waals surface area (Å²) in [5, 5.41) is 5.03. The summed E-state index contributed by atoms with van der Waals surface area (Å²) >= 11 is 0. The van der Waals surface area contributed by atoms with Gasteiger partial charge in [-0.3, -0.25) is 4.79 Å². The quantitative estimate of drug-likeness (QED) is 0.812. The first-order valence-electron chi connectivity index (χ1n) is 7.47. The van der Waals surface area contributed by atoms with Crippen molar-refractivity contribution in [2.24, 2.45) is 0 Å². The van der Waals surface area contributed by atoms with Crippen LogP contribution in [0.5, 0.6) is 5.75 Å². The van der Waals surface area contributed by atoms with Crippen LogP contribution in [-0.2, 0) is 9.53 Å². The summed E-state index contributed by atoms with van der Waals surface area (Å²) in [6.45, 7) is 1.19. The molecule has 25 heavy (non-hydrogen) atoms. The molecule has 7 nitrogen and oxygen atoms in total. The van der Waals surface area contributed by atoms with Crippen LogP contribution in [0.25, 0.3) is 0 Å². The Morgan fingerprint density at radius 3 is 2.84 bits per heavy atom. The van der Waals surface area contributed by atoms with Gasteiger partial charge in [-0.25, -0.2) is 4.79 Å². The highest BCUT2D eigenvalue weighted by molar-refractivity contribution is 5.90. The van der Waals surface area contributed by atoms with E-state index < -0.39 is 18.1 Å². The molecule has 0 aliphatic carbocycles. The van der Waals surface area contributed by atoms with E-state index in [1.807, 2.05) is 0 Å². The number of amides is 3. The van der Waals surface area contributed by atoms with Crippen molar-refractivity contribution in [3.63, 3.8) is 0 Å². The van der Waals surface area contributed by atoms with Gasteiger partial charge in [-0.2, -0.15) is 0 Å². The third kappa shape index (κ3) is 6.14. The number of anilines is 1. The number of hydrogen-bond donors (Lipinski definition) is 2. The summed E-state index contributed by atoms with van der Waals surface area (Å²) in [6.07, 6.45) is -4.65. The maximum absolute atomic E-state index is 12.2. The van der Waals surface area contributed by atoms with E-state index in [0.717, 1.165) is 12.1 Å². The van der Waals surface area contributed by atoms with E-state index in [0.29, 0.717) is 19.7 Å². The molecule has 1 aromatic carbocycles. The first-order chi connectivity index (χ1) is 11.8. The lowest BCUT2D eigenvalue weighted by Gasteiger charge is -2.17. The molecule has 1 aliphatic heterocycles. The van der Waals surface area contributed by atoms with E-state index in [1.165, 1.54) is 19.2 Å². The molecule has 1 unspecified atom stereocenters. The van der Waals surface area contributed by atoms with Gasteiger partial charge < -0.3 is 25.0 Å². The van der Waals surface area contributed by atoms with Crippen molar-refractivity contribution in [2.75, 3.05) is 32.1 Å². The van der Waals surface area contributed by atoms with Gasteiger partial charge in [0.1, 0.15) is 5.75 Å². The van der Waals surface area contributed by atoms with Crippen LogP contribution in [0.4, 0.5) is 23.7 Å². The molecule has 138 valence electrons. The summed E-state index contributed by atoms with van der Waals surface area (Å²) in [6, 6.07) is 3.93. The molecule has 1 fully saturated rings. The molecule has 10 heteroatoms. The minimum atomic E-state index is -4.81. The van der Waals surface area contributed by atoms with Gasteiger partial charge in [0.15, 0.2) is 0 Å². The number of urea groups is 1. The summed E-state index contributed by atoms with van der Waals surface area (Å²) in [4.78, 5) is 25.3. The molecule has 2 rings (SSSR count). The molecule has 1 saturated heterocycles. The van der Waals surface area contributed by atoms with Crippen molar-refractivity contribution in [1.82, 2.24) is 10.2 Å². The molecule has 0 saturated carbocycles. The van der Waals surface area contributed by atoms with Gasteiger partial charge in [-0.05, 0) is 12.1 Å². The second-order valence-corrected chi connectivity index (χ2v) is 5.41. The van der Waals surface area contributed by atoms with E-state index in [-0.39, 0.29) is 24.1 Å². The lowest BCUT2D eigenvalue weighted by atomic mass is 10.2. The number of rotatable bonds is 6. The average Bonchev–Trinajstić information content (AvgIpc) is 2.83. The number of alkyl halides is 3. The second-order valence-electron chi connectivity index (χ2n) is 5.41. The van der Waals surface area contributed by atoms with Gasteiger partial charge in [0.25, 0.3) is 0 Å². The smallest absolute Gasteiger partial charge is 0.406 e. The fourth-order valence-corrected chi connectivity index (χ4v) is 2.41. The Morgan fingerprint density at radius 1 is 1.40 bits per heavy atom.